The molecule has 0 aliphatic carbocycles. The summed E-state index contributed by atoms with van der Waals surface area (Å²) in [5, 5.41) is 9.78. The number of rotatable bonds is 8. The maximum absolute atomic E-state index is 16.0. The fourth-order valence-corrected chi connectivity index (χ4v) is 5.15. The largest absolute Gasteiger partial charge is 0.453 e. The van der Waals surface area contributed by atoms with Gasteiger partial charge in [0.25, 0.3) is 5.91 Å². The number of hydrogen-bond donors (Lipinski definition) is 2. The van der Waals surface area contributed by atoms with Crippen molar-refractivity contribution in [1.82, 2.24) is 19.7 Å². The second-order valence-corrected chi connectivity index (χ2v) is 10.0. The zero-order chi connectivity index (χ0) is 26.6. The number of aromatic nitrogens is 3. The van der Waals surface area contributed by atoms with Crippen molar-refractivity contribution in [3.8, 4) is 11.3 Å². The number of benzene rings is 1. The number of nitrogens with two attached hydrogens (primary N) is 1. The third-order valence-corrected chi connectivity index (χ3v) is 7.38. The highest BCUT2D eigenvalue weighted by atomic mass is 32.1. The summed E-state index contributed by atoms with van der Waals surface area (Å²) in [6.45, 7) is 3.33. The molecule has 2 amide bonds. The molecule has 1 fully saturated rings. The number of nitrogens with zero attached hydrogens (tertiary/aromatic N) is 5. The van der Waals surface area contributed by atoms with Crippen LogP contribution in [0.25, 0.3) is 11.3 Å². The average molecular weight is 528 g/mol. The summed E-state index contributed by atoms with van der Waals surface area (Å²) in [5.41, 5.74) is 7.45. The number of aryl methyl sites for hydroxylation is 1. The Kier molecular flexibility index (Phi) is 7.98. The fraction of sp³-hybridized carbons (Fsp3) is 0.400. The molecular formula is C25H30FN7O3S. The number of anilines is 1. The lowest BCUT2D eigenvalue weighted by atomic mass is 9.83. The maximum atomic E-state index is 16.0. The quantitative estimate of drug-likeness (QED) is 0.431. The molecule has 3 N–H and O–H groups in total. The van der Waals surface area contributed by atoms with Crippen LogP contribution in [0.3, 0.4) is 0 Å². The summed E-state index contributed by atoms with van der Waals surface area (Å²) in [6.07, 6.45) is 1.56. The third kappa shape index (κ3) is 5.70. The monoisotopic (exact) mass is 527 g/mol. The number of thiazole rings is 1. The van der Waals surface area contributed by atoms with Crippen molar-refractivity contribution in [1.29, 1.82) is 0 Å². The molecule has 0 spiro atoms. The normalized spacial score (nSPS) is 20.3. The van der Waals surface area contributed by atoms with E-state index in [1.807, 2.05) is 36.6 Å². The molecule has 12 heteroatoms. The van der Waals surface area contributed by atoms with E-state index in [-0.39, 0.29) is 24.3 Å². The minimum Gasteiger partial charge on any atom is -0.453 e. The highest BCUT2D eigenvalue weighted by molar-refractivity contribution is 7.09. The van der Waals surface area contributed by atoms with E-state index in [4.69, 9.17) is 5.73 Å². The van der Waals surface area contributed by atoms with Crippen LogP contribution < -0.4 is 11.1 Å². The molecule has 0 radical (unpaired) electrons. The smallest absolute Gasteiger partial charge is 0.412 e. The van der Waals surface area contributed by atoms with Crippen LogP contribution in [0.1, 0.15) is 33.8 Å². The summed E-state index contributed by atoms with van der Waals surface area (Å²) >= 11 is 1.61. The van der Waals surface area contributed by atoms with Gasteiger partial charge in [-0.15, -0.1) is 11.3 Å². The molecule has 1 aromatic carbocycles. The molecule has 3 heterocycles. The number of hydrogen-bond acceptors (Lipinski definition) is 8. The van der Waals surface area contributed by atoms with Gasteiger partial charge >= 0.3 is 6.09 Å². The molecule has 3 aromatic rings. The number of alkyl halides is 1. The van der Waals surface area contributed by atoms with E-state index < -0.39 is 23.7 Å². The van der Waals surface area contributed by atoms with Gasteiger partial charge in [-0.05, 0) is 18.9 Å². The lowest BCUT2D eigenvalue weighted by Gasteiger charge is -2.44. The number of likely N-dealkylation sites (tertiary alicyclic amines) is 1. The van der Waals surface area contributed by atoms with Crippen LogP contribution in [0, 0.1) is 6.92 Å². The van der Waals surface area contributed by atoms with Crippen molar-refractivity contribution < 1.29 is 18.7 Å². The predicted octanol–water partition coefficient (Wildman–Crippen LogP) is 3.62. The van der Waals surface area contributed by atoms with Gasteiger partial charge in [-0.3, -0.25) is 19.7 Å². The van der Waals surface area contributed by atoms with Gasteiger partial charge in [-0.2, -0.15) is 5.10 Å². The lowest BCUT2D eigenvalue weighted by Crippen LogP contribution is -2.55. The molecule has 2 unspecified atom stereocenters. The standard InChI is InChI=1S/C25H30FN7O3S/c1-16-29-20(15-37-16)18-6-4-17(5-7-18)12-32-11-9-25(8-10-28-2,21(26)14-32)33-13-19(22(27)34)23(31-33)30-24(35)36-3/h4-7,10,13,15,21H,8-9,11-12,14H2,1-3H3,(H2,27,34)(H,30,31,35). The Labute approximate surface area is 218 Å². The van der Waals surface area contributed by atoms with Crippen molar-refractivity contribution in [2.75, 3.05) is 32.6 Å². The van der Waals surface area contributed by atoms with Gasteiger partial charge in [0.2, 0.25) is 0 Å². The van der Waals surface area contributed by atoms with E-state index in [2.05, 4.69) is 30.0 Å². The second-order valence-electron chi connectivity index (χ2n) is 8.97. The van der Waals surface area contributed by atoms with E-state index in [9.17, 15) is 9.59 Å². The Hall–Kier alpha value is -3.64. The number of primary amides is 1. The van der Waals surface area contributed by atoms with Gasteiger partial charge in [0.1, 0.15) is 17.3 Å². The van der Waals surface area contributed by atoms with Crippen molar-refractivity contribution >= 4 is 35.4 Å². The molecule has 196 valence electrons. The summed E-state index contributed by atoms with van der Waals surface area (Å²) in [7, 11) is 2.81. The van der Waals surface area contributed by atoms with Gasteiger partial charge in [0.05, 0.1) is 17.8 Å². The van der Waals surface area contributed by atoms with Crippen LogP contribution in [-0.2, 0) is 16.8 Å². The number of halogens is 1. The van der Waals surface area contributed by atoms with Crippen LogP contribution in [0.15, 0.2) is 40.8 Å². The molecule has 4 rings (SSSR count). The van der Waals surface area contributed by atoms with Crippen LogP contribution >= 0.6 is 11.3 Å². The zero-order valence-electron chi connectivity index (χ0n) is 21.0. The molecule has 0 saturated carbocycles. The van der Waals surface area contributed by atoms with Gasteiger partial charge in [0, 0.05) is 56.5 Å². The number of amides is 2. The SMILES string of the molecule is CN=CCC1(n2cc(C(N)=O)c(NC(=O)OC)n2)CCN(Cc2ccc(-c3csc(C)n3)cc2)CC1F. The Bertz CT molecular complexity index is 1290. The number of aliphatic imine (C=N–C) groups is 1. The van der Waals surface area contributed by atoms with E-state index in [1.165, 1.54) is 18.0 Å². The molecule has 2 atom stereocenters. The van der Waals surface area contributed by atoms with E-state index >= 15 is 4.39 Å². The van der Waals surface area contributed by atoms with E-state index in [0.29, 0.717) is 19.5 Å². The van der Waals surface area contributed by atoms with Gasteiger partial charge in [-0.25, -0.2) is 14.2 Å². The number of piperidine rings is 1. The Morgan fingerprint density at radius 3 is 2.73 bits per heavy atom. The number of carbonyl (C=O) groups excluding carboxylic acids is 2. The minimum absolute atomic E-state index is 0.0248. The first-order valence-electron chi connectivity index (χ1n) is 11.8. The molecule has 1 aliphatic rings. The molecule has 1 saturated heterocycles. The van der Waals surface area contributed by atoms with Gasteiger partial charge < -0.3 is 15.5 Å². The highest BCUT2D eigenvalue weighted by Crippen LogP contribution is 2.37. The fourth-order valence-electron chi connectivity index (χ4n) is 4.53. The number of methoxy groups -OCH3 is 1. The first-order valence-corrected chi connectivity index (χ1v) is 12.7. The highest BCUT2D eigenvalue weighted by Gasteiger charge is 2.46. The molecular weight excluding hydrogens is 497 g/mol. The molecule has 0 bridgehead atoms. The van der Waals surface area contributed by atoms with Crippen molar-refractivity contribution in [2.45, 2.75) is 38.0 Å². The molecule has 2 aromatic heterocycles. The topological polar surface area (TPSA) is 128 Å². The summed E-state index contributed by atoms with van der Waals surface area (Å²) in [5.74, 6) is -0.863. The first-order chi connectivity index (χ1) is 17.8. The maximum Gasteiger partial charge on any atom is 0.412 e. The van der Waals surface area contributed by atoms with Crippen molar-refractivity contribution in [3.63, 3.8) is 0 Å². The second kappa shape index (κ2) is 11.2. The van der Waals surface area contributed by atoms with Crippen LogP contribution in [0.4, 0.5) is 15.0 Å². The van der Waals surface area contributed by atoms with E-state index in [1.54, 1.807) is 24.6 Å². The van der Waals surface area contributed by atoms with Crippen molar-refractivity contribution in [3.05, 3.63) is 52.0 Å². The zero-order valence-corrected chi connectivity index (χ0v) is 21.8. The van der Waals surface area contributed by atoms with Gasteiger partial charge in [-0.1, -0.05) is 24.3 Å². The Morgan fingerprint density at radius 2 is 2.14 bits per heavy atom. The molecule has 37 heavy (non-hydrogen) atoms. The van der Waals surface area contributed by atoms with Crippen molar-refractivity contribution in [2.24, 2.45) is 10.7 Å². The molecule has 10 nitrogen and oxygen atoms in total. The number of ether oxygens (including phenoxy) is 1. The first kappa shape index (κ1) is 26.4. The predicted molar refractivity (Wildman–Crippen MR) is 141 cm³/mol. The third-order valence-electron chi connectivity index (χ3n) is 6.61. The van der Waals surface area contributed by atoms with Crippen LogP contribution in [-0.4, -0.2) is 71.3 Å². The summed E-state index contributed by atoms with van der Waals surface area (Å²) in [6, 6.07) is 8.15. The summed E-state index contributed by atoms with van der Waals surface area (Å²) in [4.78, 5) is 34.4. The van der Waals surface area contributed by atoms with E-state index in [0.717, 1.165) is 21.8 Å². The Morgan fingerprint density at radius 1 is 1.38 bits per heavy atom. The minimum atomic E-state index is -1.33. The average Bonchev–Trinajstić information content (AvgIpc) is 3.51. The molecule has 1 aliphatic heterocycles. The lowest BCUT2D eigenvalue weighted by molar-refractivity contribution is 0.00925. The number of nitrogens with one attached hydrogen (secondary N) is 1. The van der Waals surface area contributed by atoms with Crippen LogP contribution in [0.2, 0.25) is 0 Å². The Balaban J connectivity index is 1.53. The van der Waals surface area contributed by atoms with Crippen LogP contribution in [0.5, 0.6) is 0 Å². The number of carbonyl (C=O) groups is 2. The summed E-state index contributed by atoms with van der Waals surface area (Å²) < 4.78 is 22.0. The van der Waals surface area contributed by atoms with Gasteiger partial charge in [0.15, 0.2) is 5.82 Å².